The number of carbonyl (C=O) groups excluding carboxylic acids is 2. The second-order valence-electron chi connectivity index (χ2n) is 11.4. The number of fused-ring (bicyclic) bond motifs is 1. The van der Waals surface area contributed by atoms with Crippen molar-refractivity contribution in [3.63, 3.8) is 0 Å². The predicted octanol–water partition coefficient (Wildman–Crippen LogP) is 7.19. The number of aromatic nitrogens is 3. The van der Waals surface area contributed by atoms with Crippen LogP contribution in [0.15, 0.2) is 42.6 Å². The molecule has 0 unspecified atom stereocenters. The number of ether oxygens (including phenoxy) is 2. The fourth-order valence-electron chi connectivity index (χ4n) is 6.02. The fourth-order valence-corrected chi connectivity index (χ4v) is 6.34. The van der Waals surface area contributed by atoms with E-state index in [2.05, 4.69) is 15.4 Å². The minimum atomic E-state index is -2.91. The molecular weight excluding hydrogens is 592 g/mol. The summed E-state index contributed by atoms with van der Waals surface area (Å²) in [6, 6.07) is 9.82. The molecule has 1 atom stereocenters. The zero-order chi connectivity index (χ0) is 30.8. The second kappa shape index (κ2) is 12.3. The Morgan fingerprint density at radius 1 is 1.02 bits per heavy atom. The average Bonchev–Trinajstić information content (AvgIpc) is 3.38. The lowest BCUT2D eigenvalue weighted by atomic mass is 9.69. The highest BCUT2D eigenvalue weighted by atomic mass is 35.5. The lowest BCUT2D eigenvalue weighted by Crippen LogP contribution is -2.44. The molecule has 0 bridgehead atoms. The van der Waals surface area contributed by atoms with E-state index in [1.54, 1.807) is 19.1 Å². The van der Waals surface area contributed by atoms with E-state index >= 15 is 0 Å². The fraction of sp³-hybridized carbons (Fsp3) is 0.533. The summed E-state index contributed by atoms with van der Waals surface area (Å²) in [7, 11) is 0. The summed E-state index contributed by atoms with van der Waals surface area (Å²) >= 11 is 6.57. The number of nitrogens with zero attached hydrogens (tertiary/aromatic N) is 3. The molecule has 2 aliphatic carbocycles. The molecule has 3 aromatic rings. The standard InChI is InChI=1S/C30H33ClF4N4O4/c1-2-42-26(40)28(12-14-30(34,35)15-13-28)21-16-23-36-22(17-39(23)38-25(21)31)24(20-8-10-29(32,33)11-9-20)37-27(41)43-18-19-6-4-3-5-7-19/h3-7,16-17,20,24H,2,8-15,18H2,1H3,(H,37,41)/t24-/m0/s1. The first kappa shape index (κ1) is 31.0. The molecule has 0 spiro atoms. The SMILES string of the molecule is CCOC(=O)C1(c2cc3nc([C@@H](NC(=O)OCc4ccccc4)C4CCC(F)(F)CC4)cn3nc2Cl)CCC(F)(F)CC1. The van der Waals surface area contributed by atoms with E-state index in [4.69, 9.17) is 21.1 Å². The van der Waals surface area contributed by atoms with Crippen molar-refractivity contribution in [3.05, 3.63) is 64.6 Å². The van der Waals surface area contributed by atoms with Gasteiger partial charge in [0.05, 0.1) is 30.0 Å². The van der Waals surface area contributed by atoms with Gasteiger partial charge in [-0.15, -0.1) is 0 Å². The quantitative estimate of drug-likeness (QED) is 0.211. The second-order valence-corrected chi connectivity index (χ2v) is 11.7. The zero-order valence-electron chi connectivity index (χ0n) is 23.6. The van der Waals surface area contributed by atoms with Gasteiger partial charge in [-0.05, 0) is 50.2 Å². The number of amides is 1. The van der Waals surface area contributed by atoms with Crippen LogP contribution < -0.4 is 5.32 Å². The number of alkyl halides is 4. The van der Waals surface area contributed by atoms with E-state index < -0.39 is 48.2 Å². The number of imidazole rings is 1. The van der Waals surface area contributed by atoms with Crippen LogP contribution in [-0.4, -0.2) is 45.1 Å². The van der Waals surface area contributed by atoms with Gasteiger partial charge in [0.2, 0.25) is 11.8 Å². The van der Waals surface area contributed by atoms with Gasteiger partial charge in [-0.2, -0.15) is 5.10 Å². The molecule has 8 nitrogen and oxygen atoms in total. The number of benzene rings is 1. The third-order valence-electron chi connectivity index (χ3n) is 8.48. The number of carbonyl (C=O) groups is 2. The van der Waals surface area contributed by atoms with Crippen LogP contribution in [0.25, 0.3) is 5.65 Å². The van der Waals surface area contributed by atoms with Gasteiger partial charge in [-0.1, -0.05) is 41.9 Å². The molecule has 232 valence electrons. The topological polar surface area (TPSA) is 94.8 Å². The number of nitrogens with one attached hydrogen (secondary N) is 1. The molecule has 2 aliphatic rings. The minimum Gasteiger partial charge on any atom is -0.465 e. The third-order valence-corrected chi connectivity index (χ3v) is 8.76. The summed E-state index contributed by atoms with van der Waals surface area (Å²) in [5, 5.41) is 7.10. The van der Waals surface area contributed by atoms with Gasteiger partial charge in [0.15, 0.2) is 10.8 Å². The lowest BCUT2D eigenvalue weighted by Gasteiger charge is -2.38. The van der Waals surface area contributed by atoms with Crippen molar-refractivity contribution in [1.29, 1.82) is 0 Å². The average molecular weight is 625 g/mol. The van der Waals surface area contributed by atoms with Gasteiger partial charge in [0.1, 0.15) is 6.61 Å². The van der Waals surface area contributed by atoms with Crippen molar-refractivity contribution in [2.75, 3.05) is 6.61 Å². The largest absolute Gasteiger partial charge is 0.465 e. The van der Waals surface area contributed by atoms with Crippen LogP contribution in [0, 0.1) is 5.92 Å². The Bertz CT molecular complexity index is 1450. The van der Waals surface area contributed by atoms with Crippen molar-refractivity contribution in [1.82, 2.24) is 19.9 Å². The Hall–Kier alpha value is -3.41. The Labute approximate surface area is 251 Å². The summed E-state index contributed by atoms with van der Waals surface area (Å²) in [5.41, 5.74) is 0.177. The molecule has 0 saturated heterocycles. The summed E-state index contributed by atoms with van der Waals surface area (Å²) in [5.74, 6) is -6.72. The van der Waals surface area contributed by atoms with E-state index in [-0.39, 0.29) is 74.0 Å². The summed E-state index contributed by atoms with van der Waals surface area (Å²) in [4.78, 5) is 30.7. The van der Waals surface area contributed by atoms with Crippen molar-refractivity contribution < 1.29 is 36.6 Å². The van der Waals surface area contributed by atoms with Crippen molar-refractivity contribution in [3.8, 4) is 0 Å². The molecule has 1 N–H and O–H groups in total. The first-order valence-corrected chi connectivity index (χ1v) is 14.8. The predicted molar refractivity (Wildman–Crippen MR) is 149 cm³/mol. The number of esters is 1. The molecule has 13 heteroatoms. The monoisotopic (exact) mass is 624 g/mol. The first-order valence-electron chi connectivity index (χ1n) is 14.4. The van der Waals surface area contributed by atoms with Gasteiger partial charge in [-0.3, -0.25) is 4.79 Å². The van der Waals surface area contributed by atoms with Crippen LogP contribution in [0.5, 0.6) is 0 Å². The molecule has 5 rings (SSSR count). The summed E-state index contributed by atoms with van der Waals surface area (Å²) < 4.78 is 68.3. The van der Waals surface area contributed by atoms with Crippen LogP contribution in [-0.2, 0) is 26.3 Å². The normalized spacial score (nSPS) is 20.3. The maximum Gasteiger partial charge on any atom is 0.408 e. The Morgan fingerprint density at radius 2 is 1.67 bits per heavy atom. The number of alkyl carbamates (subject to hydrolysis) is 1. The molecule has 0 aliphatic heterocycles. The van der Waals surface area contributed by atoms with Gasteiger partial charge < -0.3 is 14.8 Å². The highest BCUT2D eigenvalue weighted by molar-refractivity contribution is 6.30. The Balaban J connectivity index is 1.46. The Morgan fingerprint density at radius 3 is 2.33 bits per heavy atom. The van der Waals surface area contributed by atoms with E-state index in [1.165, 1.54) is 16.8 Å². The molecule has 43 heavy (non-hydrogen) atoms. The third kappa shape index (κ3) is 6.89. The minimum absolute atomic E-state index is 0.0167. The maximum atomic E-state index is 14.1. The van der Waals surface area contributed by atoms with Crippen LogP contribution >= 0.6 is 11.6 Å². The molecule has 1 amide bonds. The molecule has 2 heterocycles. The van der Waals surface area contributed by atoms with Crippen LogP contribution in [0.1, 0.15) is 81.2 Å². The number of hydrogen-bond donors (Lipinski definition) is 1. The number of rotatable bonds is 8. The van der Waals surface area contributed by atoms with Gasteiger partial charge in [-0.25, -0.2) is 31.9 Å². The number of halogens is 5. The highest BCUT2D eigenvalue weighted by Gasteiger charge is 2.51. The smallest absolute Gasteiger partial charge is 0.408 e. The summed E-state index contributed by atoms with van der Waals surface area (Å²) in [6.45, 7) is 1.71. The van der Waals surface area contributed by atoms with E-state index in [9.17, 15) is 27.2 Å². The van der Waals surface area contributed by atoms with Gasteiger partial charge in [0, 0.05) is 31.2 Å². The Kier molecular flexibility index (Phi) is 8.87. The molecule has 1 aromatic carbocycles. The first-order chi connectivity index (χ1) is 20.4. The zero-order valence-corrected chi connectivity index (χ0v) is 24.4. The van der Waals surface area contributed by atoms with Crippen molar-refractivity contribution in [2.45, 2.75) is 88.2 Å². The molecule has 0 radical (unpaired) electrons. The van der Waals surface area contributed by atoms with Crippen molar-refractivity contribution >= 4 is 29.3 Å². The maximum absolute atomic E-state index is 14.1. The van der Waals surface area contributed by atoms with Crippen LogP contribution in [0.4, 0.5) is 22.4 Å². The highest BCUT2D eigenvalue weighted by Crippen LogP contribution is 2.48. The van der Waals surface area contributed by atoms with Crippen molar-refractivity contribution in [2.24, 2.45) is 5.92 Å². The molecule has 2 aromatic heterocycles. The van der Waals surface area contributed by atoms with E-state index in [1.807, 2.05) is 18.2 Å². The van der Waals surface area contributed by atoms with Crippen LogP contribution in [0.2, 0.25) is 5.15 Å². The van der Waals surface area contributed by atoms with Crippen LogP contribution in [0.3, 0.4) is 0 Å². The van der Waals surface area contributed by atoms with Gasteiger partial charge in [0.25, 0.3) is 0 Å². The molecule has 2 fully saturated rings. The van der Waals surface area contributed by atoms with Gasteiger partial charge >= 0.3 is 12.1 Å². The molecule has 2 saturated carbocycles. The molecular formula is C30H33ClF4N4O4. The van der Waals surface area contributed by atoms with E-state index in [0.717, 1.165) is 5.56 Å². The lowest BCUT2D eigenvalue weighted by molar-refractivity contribution is -0.155. The van der Waals surface area contributed by atoms with E-state index in [0.29, 0.717) is 5.69 Å². The summed E-state index contributed by atoms with van der Waals surface area (Å²) in [6.07, 6.45) is -0.978. The number of hydrogen-bond acceptors (Lipinski definition) is 6.